The van der Waals surface area contributed by atoms with Crippen LogP contribution in [0.1, 0.15) is 111 Å². The van der Waals surface area contributed by atoms with E-state index in [4.69, 9.17) is 104 Å². The van der Waals surface area contributed by atoms with Crippen molar-refractivity contribution in [3.05, 3.63) is 0 Å². The Morgan fingerprint density at radius 3 is 0.691 bits per heavy atom. The first-order valence-corrected chi connectivity index (χ1v) is 28.2. The van der Waals surface area contributed by atoms with Crippen LogP contribution in [0.3, 0.4) is 0 Å². The highest BCUT2D eigenvalue weighted by atomic mass is 16.9. The minimum atomic E-state index is -2.48. The predicted octanol–water partition coefficient (Wildman–Crippen LogP) is -1.66. The molecular weight excluding hydrogens is 1280 g/mol. The molecule has 4 heterocycles. The summed E-state index contributed by atoms with van der Waals surface area (Å²) >= 11 is 0. The predicted molar refractivity (Wildman–Crippen MR) is 290 cm³/mol. The molecule has 528 valence electrons. The van der Waals surface area contributed by atoms with Gasteiger partial charge in [0.1, 0.15) is 64.1 Å². The first-order valence-electron chi connectivity index (χ1n) is 28.2. The Hall–Kier alpha value is -8.72. The molecule has 38 nitrogen and oxygen atoms in total. The first kappa shape index (κ1) is 79.5. The number of carbonyl (C=O) groups is 16. The maximum absolute atomic E-state index is 12.3. The van der Waals surface area contributed by atoms with Crippen molar-refractivity contribution in [2.24, 2.45) is 0 Å². The van der Waals surface area contributed by atoms with Gasteiger partial charge in [-0.1, -0.05) is 0 Å². The molecule has 38 heteroatoms. The molecule has 0 aromatic carbocycles. The average Bonchev–Trinajstić information content (AvgIpc) is 1.53. The monoisotopic (exact) mass is 1360 g/mol. The summed E-state index contributed by atoms with van der Waals surface area (Å²) in [6, 6.07) is 0. The number of esters is 16. The summed E-state index contributed by atoms with van der Waals surface area (Å²) in [6.07, 6.45) is -26.4. The first-order chi connectivity index (χ1) is 43.7. The maximum Gasteiger partial charge on any atom is 0.303 e. The molecular formula is C56H76O38. The number of hydrogen-bond acceptors (Lipinski definition) is 38. The van der Waals surface area contributed by atoms with Gasteiger partial charge in [0.15, 0.2) is 61.0 Å². The van der Waals surface area contributed by atoms with Crippen LogP contribution < -0.4 is 0 Å². The smallest absolute Gasteiger partial charge is 0.303 e. The molecule has 0 aromatic heterocycles. The van der Waals surface area contributed by atoms with Crippen LogP contribution in [0.2, 0.25) is 0 Å². The quantitative estimate of drug-likeness (QED) is 0.0691. The lowest BCUT2D eigenvalue weighted by atomic mass is 9.97. The van der Waals surface area contributed by atoms with Gasteiger partial charge in [-0.2, -0.15) is 0 Å². The number of rotatable bonds is 26. The van der Waals surface area contributed by atoms with E-state index in [1.807, 2.05) is 0 Å². The SMILES string of the molecule is CC(=O)OC[C@H]1O[C@@](COC(C)=O)(O[C@H]2O[C@H](COC(C)=O)[C@@H](OC(C)=O)[C@H](OC(C)=O)[C@H]2OC(C)=O)[C@@H](OC(C)=O)[C@@H]1OC(C)=O.CC(=O)OC[C@H]1O[C@@](COC(C)=O)(O[C@H]2O[C@H](COC(C)=O)[C@@H](OC(C)=O)[C@H](OC(C)=O)[C@H]2OC(C)=O)[C@@H](OC(C)=O)[C@@H]1OC(C)=O. The highest BCUT2D eigenvalue weighted by Gasteiger charge is 2.67. The topological polar surface area (TPSA) is 476 Å². The lowest BCUT2D eigenvalue weighted by Gasteiger charge is -2.46. The summed E-state index contributed by atoms with van der Waals surface area (Å²) in [5, 5.41) is 0. The minimum Gasteiger partial charge on any atom is -0.463 e. The van der Waals surface area contributed by atoms with E-state index in [0.29, 0.717) is 0 Å². The van der Waals surface area contributed by atoms with Gasteiger partial charge in [-0.3, -0.25) is 76.7 Å². The van der Waals surface area contributed by atoms with E-state index in [2.05, 4.69) is 0 Å². The molecule has 94 heavy (non-hydrogen) atoms. The second-order valence-electron chi connectivity index (χ2n) is 20.7. The van der Waals surface area contributed by atoms with Crippen molar-refractivity contribution in [2.75, 3.05) is 39.6 Å². The molecule has 4 aliphatic rings. The molecule has 4 rings (SSSR count). The fourth-order valence-corrected chi connectivity index (χ4v) is 9.51. The van der Waals surface area contributed by atoms with Crippen molar-refractivity contribution in [1.29, 1.82) is 0 Å². The fourth-order valence-electron chi connectivity index (χ4n) is 9.51. The number of carbonyl (C=O) groups excluding carboxylic acids is 16. The highest BCUT2D eigenvalue weighted by Crippen LogP contribution is 2.44. The van der Waals surface area contributed by atoms with E-state index in [1.165, 1.54) is 0 Å². The zero-order chi connectivity index (χ0) is 71.3. The maximum atomic E-state index is 12.3. The number of ether oxygens (including phenoxy) is 22. The summed E-state index contributed by atoms with van der Waals surface area (Å²) < 4.78 is 121. The molecule has 0 N–H and O–H groups in total. The van der Waals surface area contributed by atoms with Gasteiger partial charge in [0.05, 0.1) is 0 Å². The second kappa shape index (κ2) is 36.1. The summed E-state index contributed by atoms with van der Waals surface area (Å²) in [5.41, 5.74) is 0. The van der Waals surface area contributed by atoms with Crippen LogP contribution in [0.25, 0.3) is 0 Å². The van der Waals surface area contributed by atoms with E-state index in [1.54, 1.807) is 0 Å². The zero-order valence-electron chi connectivity index (χ0n) is 54.0. The van der Waals surface area contributed by atoms with Crippen LogP contribution in [0.4, 0.5) is 0 Å². The Kier molecular flexibility index (Phi) is 30.5. The molecule has 0 unspecified atom stereocenters. The highest BCUT2D eigenvalue weighted by molar-refractivity contribution is 5.72. The zero-order valence-corrected chi connectivity index (χ0v) is 54.0. The summed E-state index contributed by atoms with van der Waals surface area (Å²) in [7, 11) is 0. The molecule has 4 saturated heterocycles. The van der Waals surface area contributed by atoms with Gasteiger partial charge in [0.25, 0.3) is 0 Å². The molecule has 4 fully saturated rings. The van der Waals surface area contributed by atoms with Crippen LogP contribution in [0.5, 0.6) is 0 Å². The molecule has 18 atom stereocenters. The van der Waals surface area contributed by atoms with Gasteiger partial charge in [-0.05, 0) is 0 Å². The van der Waals surface area contributed by atoms with E-state index < -0.39 is 245 Å². The molecule has 0 aromatic rings. The van der Waals surface area contributed by atoms with Crippen molar-refractivity contribution in [2.45, 2.75) is 220 Å². The standard InChI is InChI=1S/2C28H38O19/c2*1-12(29)37-9-20-22(40-15(4)32)24(42-17(6)34)25(43-18(7)35)27(45-20)47-28(11-39-14(3)31)26(44-19(8)36)23(41-16(5)33)21(46-28)10-38-13(2)30/h2*20-27H,9-11H2,1-8H3/t2*20-,21-,22-,23-,24+,25-,26+,27-,28+/m11/s1. The molecule has 0 saturated carbocycles. The van der Waals surface area contributed by atoms with E-state index in [0.717, 1.165) is 111 Å². The van der Waals surface area contributed by atoms with Crippen molar-refractivity contribution >= 4 is 95.5 Å². The molecule has 0 amide bonds. The van der Waals surface area contributed by atoms with Crippen molar-refractivity contribution in [3.63, 3.8) is 0 Å². The lowest BCUT2D eigenvalue weighted by molar-refractivity contribution is -0.384. The van der Waals surface area contributed by atoms with Gasteiger partial charge >= 0.3 is 95.5 Å². The van der Waals surface area contributed by atoms with Crippen LogP contribution in [-0.4, -0.2) is 245 Å². The molecule has 0 bridgehead atoms. The van der Waals surface area contributed by atoms with Crippen LogP contribution in [0, 0.1) is 0 Å². The molecule has 0 aliphatic carbocycles. The fraction of sp³-hybridized carbons (Fsp3) is 0.714. The van der Waals surface area contributed by atoms with E-state index >= 15 is 0 Å². The Labute approximate surface area is 535 Å². The third-order valence-corrected chi connectivity index (χ3v) is 12.5. The Morgan fingerprint density at radius 1 is 0.245 bits per heavy atom. The average molecular weight is 1360 g/mol. The normalized spacial score (nSPS) is 29.8. The molecule has 0 radical (unpaired) electrons. The summed E-state index contributed by atoms with van der Waals surface area (Å²) in [6.45, 7) is 12.2. The third kappa shape index (κ3) is 24.6. The van der Waals surface area contributed by atoms with Gasteiger partial charge in [0, 0.05) is 111 Å². The second-order valence-corrected chi connectivity index (χ2v) is 20.7. The Balaban J connectivity index is 0.000000490. The molecule has 4 aliphatic heterocycles. The van der Waals surface area contributed by atoms with E-state index in [9.17, 15) is 76.7 Å². The Bertz CT molecular complexity index is 2610. The van der Waals surface area contributed by atoms with Crippen LogP contribution >= 0.6 is 0 Å². The van der Waals surface area contributed by atoms with Crippen molar-refractivity contribution in [1.82, 2.24) is 0 Å². The minimum absolute atomic E-state index is 0.588. The van der Waals surface area contributed by atoms with Gasteiger partial charge < -0.3 is 104 Å². The van der Waals surface area contributed by atoms with E-state index in [-0.39, 0.29) is 0 Å². The summed E-state index contributed by atoms with van der Waals surface area (Å²) in [5.74, 6) is -19.1. The third-order valence-electron chi connectivity index (χ3n) is 12.5. The van der Waals surface area contributed by atoms with Crippen LogP contribution in [-0.2, 0) is 181 Å². The summed E-state index contributed by atoms with van der Waals surface area (Å²) in [4.78, 5) is 193. The van der Waals surface area contributed by atoms with Gasteiger partial charge in [-0.15, -0.1) is 0 Å². The number of hydrogen-bond donors (Lipinski definition) is 0. The molecule has 0 spiro atoms. The van der Waals surface area contributed by atoms with Crippen molar-refractivity contribution < 1.29 is 181 Å². The largest absolute Gasteiger partial charge is 0.463 e. The van der Waals surface area contributed by atoms with Gasteiger partial charge in [-0.25, -0.2) is 0 Å². The van der Waals surface area contributed by atoms with Crippen molar-refractivity contribution in [3.8, 4) is 0 Å². The Morgan fingerprint density at radius 2 is 0.457 bits per heavy atom. The van der Waals surface area contributed by atoms with Crippen LogP contribution in [0.15, 0.2) is 0 Å². The lowest BCUT2D eigenvalue weighted by Crippen LogP contribution is -2.65. The van der Waals surface area contributed by atoms with Gasteiger partial charge in [0.2, 0.25) is 24.2 Å².